The van der Waals surface area contributed by atoms with E-state index in [1.807, 2.05) is 6.92 Å². The summed E-state index contributed by atoms with van der Waals surface area (Å²) in [5.74, 6) is 0.540. The average Bonchev–Trinajstić information content (AvgIpc) is 2.78. The van der Waals surface area contributed by atoms with Crippen LogP contribution in [0.15, 0.2) is 10.9 Å². The summed E-state index contributed by atoms with van der Waals surface area (Å²) in [5, 5.41) is 3.09. The van der Waals surface area contributed by atoms with Crippen molar-refractivity contribution in [1.82, 2.24) is 14.9 Å². The third-order valence-electron chi connectivity index (χ3n) is 3.48. The molecule has 1 aromatic rings. The number of ether oxygens (including phenoxy) is 1. The lowest BCUT2D eigenvalue weighted by atomic mass is 10.0. The molecule has 2 N–H and O–H groups in total. The molecule has 1 fully saturated rings. The molecule has 21 heavy (non-hydrogen) atoms. The van der Waals surface area contributed by atoms with Crippen molar-refractivity contribution in [2.75, 3.05) is 38.7 Å². The number of hydrogen-bond donors (Lipinski definition) is 2. The largest absolute Gasteiger partial charge is 0.382 e. The van der Waals surface area contributed by atoms with Crippen LogP contribution in [0.25, 0.3) is 0 Å². The van der Waals surface area contributed by atoms with E-state index in [1.165, 1.54) is 6.07 Å². The molecular weight excluding hydrogens is 272 g/mol. The van der Waals surface area contributed by atoms with Gasteiger partial charge in [0, 0.05) is 51.8 Å². The summed E-state index contributed by atoms with van der Waals surface area (Å²) in [4.78, 5) is 32.0. The molecule has 2 heterocycles. The number of nitrogens with one attached hydrogen (secondary N) is 2. The summed E-state index contributed by atoms with van der Waals surface area (Å²) in [5.41, 5.74) is 0.470. The van der Waals surface area contributed by atoms with Crippen LogP contribution in [0, 0.1) is 0 Å². The zero-order valence-corrected chi connectivity index (χ0v) is 12.5. The number of rotatable bonds is 7. The van der Waals surface area contributed by atoms with Gasteiger partial charge in [0.15, 0.2) is 0 Å². The molecule has 0 radical (unpaired) electrons. The molecule has 2 rings (SSSR count). The van der Waals surface area contributed by atoms with E-state index in [2.05, 4.69) is 15.3 Å². The molecule has 1 saturated heterocycles. The fourth-order valence-corrected chi connectivity index (χ4v) is 2.36. The Morgan fingerprint density at radius 2 is 2.33 bits per heavy atom. The van der Waals surface area contributed by atoms with E-state index in [1.54, 1.807) is 11.9 Å². The van der Waals surface area contributed by atoms with Crippen LogP contribution in [0.4, 0.5) is 5.95 Å². The number of aromatic nitrogens is 2. The standard InChI is InChI=1S/C14H22N4O3/c1-3-21-6-4-5-15-14-16-11(8-12(19)17-14)10-7-13(20)18(2)9-10/h8,10H,3-7,9H2,1-2H3,(H2,15,16,17,19)/t10-/m1/s1. The molecule has 0 spiro atoms. The molecule has 0 saturated carbocycles. The molecule has 1 amide bonds. The summed E-state index contributed by atoms with van der Waals surface area (Å²) < 4.78 is 5.25. The Balaban J connectivity index is 1.97. The minimum absolute atomic E-state index is 0.00576. The third-order valence-corrected chi connectivity index (χ3v) is 3.48. The Labute approximate surface area is 123 Å². The molecule has 1 aliphatic rings. The monoisotopic (exact) mass is 294 g/mol. The van der Waals surface area contributed by atoms with Gasteiger partial charge in [-0.05, 0) is 13.3 Å². The molecule has 0 unspecified atom stereocenters. The van der Waals surface area contributed by atoms with Crippen LogP contribution in [-0.4, -0.2) is 54.1 Å². The van der Waals surface area contributed by atoms with Gasteiger partial charge in [0.25, 0.3) is 5.56 Å². The van der Waals surface area contributed by atoms with Crippen LogP contribution >= 0.6 is 0 Å². The van der Waals surface area contributed by atoms with Gasteiger partial charge in [0.2, 0.25) is 11.9 Å². The van der Waals surface area contributed by atoms with Crippen molar-refractivity contribution in [1.29, 1.82) is 0 Å². The minimum Gasteiger partial charge on any atom is -0.382 e. The Kier molecular flexibility index (Phi) is 5.32. The van der Waals surface area contributed by atoms with Gasteiger partial charge >= 0.3 is 0 Å². The molecule has 1 aromatic heterocycles. The summed E-state index contributed by atoms with van der Waals surface area (Å²) in [6.45, 7) is 4.62. The zero-order chi connectivity index (χ0) is 15.2. The van der Waals surface area contributed by atoms with Crippen molar-refractivity contribution in [2.45, 2.75) is 25.7 Å². The lowest BCUT2D eigenvalue weighted by Gasteiger charge is -2.11. The van der Waals surface area contributed by atoms with E-state index in [-0.39, 0.29) is 17.4 Å². The average molecular weight is 294 g/mol. The van der Waals surface area contributed by atoms with Crippen LogP contribution in [0.5, 0.6) is 0 Å². The SMILES string of the molecule is CCOCCCNc1nc([C@@H]2CC(=O)N(C)C2)cc(=O)[nH]1. The lowest BCUT2D eigenvalue weighted by molar-refractivity contribution is -0.126. The van der Waals surface area contributed by atoms with E-state index < -0.39 is 0 Å². The molecule has 7 heteroatoms. The number of nitrogens with zero attached hydrogens (tertiary/aromatic N) is 2. The second-order valence-corrected chi connectivity index (χ2v) is 5.17. The number of anilines is 1. The van der Waals surface area contributed by atoms with Gasteiger partial charge in [0.05, 0.1) is 5.69 Å². The molecule has 0 aliphatic carbocycles. The van der Waals surface area contributed by atoms with Gasteiger partial charge in [-0.1, -0.05) is 0 Å². The molecular formula is C14H22N4O3. The van der Waals surface area contributed by atoms with E-state index >= 15 is 0 Å². The van der Waals surface area contributed by atoms with Crippen molar-refractivity contribution in [3.63, 3.8) is 0 Å². The van der Waals surface area contributed by atoms with E-state index in [0.29, 0.717) is 44.4 Å². The second-order valence-electron chi connectivity index (χ2n) is 5.17. The van der Waals surface area contributed by atoms with Gasteiger partial charge in [-0.25, -0.2) is 4.98 Å². The van der Waals surface area contributed by atoms with Crippen LogP contribution in [0.3, 0.4) is 0 Å². The number of likely N-dealkylation sites (tertiary alicyclic amines) is 1. The van der Waals surface area contributed by atoms with Gasteiger partial charge in [-0.3, -0.25) is 14.6 Å². The smallest absolute Gasteiger partial charge is 0.252 e. The number of carbonyl (C=O) groups is 1. The summed E-state index contributed by atoms with van der Waals surface area (Å²) >= 11 is 0. The van der Waals surface area contributed by atoms with Crippen molar-refractivity contribution >= 4 is 11.9 Å². The predicted molar refractivity (Wildman–Crippen MR) is 79.5 cm³/mol. The quantitative estimate of drug-likeness (QED) is 0.717. The first kappa shape index (κ1) is 15.5. The maximum Gasteiger partial charge on any atom is 0.252 e. The Hall–Kier alpha value is -1.89. The molecule has 1 atom stereocenters. The first-order valence-electron chi connectivity index (χ1n) is 7.27. The van der Waals surface area contributed by atoms with Crippen LogP contribution in [-0.2, 0) is 9.53 Å². The normalized spacial score (nSPS) is 18.3. The molecule has 7 nitrogen and oxygen atoms in total. The number of likely N-dealkylation sites (N-methyl/N-ethyl adjacent to an activating group) is 1. The maximum atomic E-state index is 11.7. The van der Waals surface area contributed by atoms with Crippen LogP contribution in [0.1, 0.15) is 31.4 Å². The van der Waals surface area contributed by atoms with Crippen molar-refractivity contribution < 1.29 is 9.53 Å². The number of H-pyrrole nitrogens is 1. The maximum absolute atomic E-state index is 11.7. The number of carbonyl (C=O) groups excluding carboxylic acids is 1. The first-order valence-corrected chi connectivity index (χ1v) is 7.27. The number of amides is 1. The fraction of sp³-hybridized carbons (Fsp3) is 0.643. The van der Waals surface area contributed by atoms with Gasteiger partial charge in [-0.15, -0.1) is 0 Å². The highest BCUT2D eigenvalue weighted by molar-refractivity contribution is 5.79. The van der Waals surface area contributed by atoms with Crippen molar-refractivity contribution in [3.05, 3.63) is 22.1 Å². The van der Waals surface area contributed by atoms with Gasteiger partial charge < -0.3 is 15.0 Å². The van der Waals surface area contributed by atoms with E-state index in [0.717, 1.165) is 6.42 Å². The highest BCUT2D eigenvalue weighted by atomic mass is 16.5. The number of aromatic amines is 1. The first-order chi connectivity index (χ1) is 10.1. The zero-order valence-electron chi connectivity index (χ0n) is 12.5. The minimum atomic E-state index is -0.200. The van der Waals surface area contributed by atoms with Crippen LogP contribution in [0.2, 0.25) is 0 Å². The summed E-state index contributed by atoms with van der Waals surface area (Å²) in [6, 6.07) is 1.47. The predicted octanol–water partition coefficient (Wildman–Crippen LogP) is 0.554. The Bertz CT molecular complexity index is 543. The highest BCUT2D eigenvalue weighted by Crippen LogP contribution is 2.25. The molecule has 116 valence electrons. The number of hydrogen-bond acceptors (Lipinski definition) is 5. The topological polar surface area (TPSA) is 87.3 Å². The molecule has 1 aliphatic heterocycles. The summed E-state index contributed by atoms with van der Waals surface area (Å²) in [6.07, 6.45) is 1.25. The Morgan fingerprint density at radius 1 is 1.52 bits per heavy atom. The van der Waals surface area contributed by atoms with Crippen molar-refractivity contribution in [2.24, 2.45) is 0 Å². The van der Waals surface area contributed by atoms with Gasteiger partial charge in [0.1, 0.15) is 0 Å². The van der Waals surface area contributed by atoms with E-state index in [9.17, 15) is 9.59 Å². The fourth-order valence-electron chi connectivity index (χ4n) is 2.36. The van der Waals surface area contributed by atoms with Crippen molar-refractivity contribution in [3.8, 4) is 0 Å². The summed E-state index contributed by atoms with van der Waals surface area (Å²) in [7, 11) is 1.77. The van der Waals surface area contributed by atoms with E-state index in [4.69, 9.17) is 4.74 Å². The van der Waals surface area contributed by atoms with Crippen LogP contribution < -0.4 is 10.9 Å². The van der Waals surface area contributed by atoms with Gasteiger partial charge in [-0.2, -0.15) is 0 Å². The molecule has 0 aromatic carbocycles. The third kappa shape index (κ3) is 4.29. The lowest BCUT2D eigenvalue weighted by Crippen LogP contribution is -2.20. The highest BCUT2D eigenvalue weighted by Gasteiger charge is 2.29. The molecule has 0 bridgehead atoms. The Morgan fingerprint density at radius 3 is 3.00 bits per heavy atom. The second kappa shape index (κ2) is 7.21.